The molecule has 0 fully saturated rings. The van der Waals surface area contributed by atoms with Crippen LogP contribution in [0.25, 0.3) is 0 Å². The minimum Gasteiger partial charge on any atom is -0.370 e. The van der Waals surface area contributed by atoms with Crippen molar-refractivity contribution in [2.75, 3.05) is 24.5 Å². The quantitative estimate of drug-likeness (QED) is 0.772. The molecule has 1 rings (SSSR count). The lowest BCUT2D eigenvalue weighted by molar-refractivity contribution is 0.373. The van der Waals surface area contributed by atoms with Crippen LogP contribution in [0.15, 0.2) is 24.3 Å². The first-order valence-electron chi connectivity index (χ1n) is 7.36. The average molecular weight is 266 g/mol. The van der Waals surface area contributed by atoms with Crippen molar-refractivity contribution in [1.82, 2.24) is 5.32 Å². The normalized spacial score (nSPS) is 14.2. The lowest BCUT2D eigenvalue weighted by Gasteiger charge is -2.32. The maximum Gasteiger partial charge on any atom is 0.123 e. The van der Waals surface area contributed by atoms with Gasteiger partial charge in [0.25, 0.3) is 0 Å². The largest absolute Gasteiger partial charge is 0.370 e. The first-order valence-corrected chi connectivity index (χ1v) is 7.36. The monoisotopic (exact) mass is 266 g/mol. The second kappa shape index (κ2) is 8.16. The van der Waals surface area contributed by atoms with Gasteiger partial charge in [0.05, 0.1) is 0 Å². The highest BCUT2D eigenvalue weighted by molar-refractivity contribution is 5.46. The molecule has 0 amide bonds. The molecule has 0 saturated carbocycles. The molecule has 0 saturated heterocycles. The highest BCUT2D eigenvalue weighted by Gasteiger charge is 2.18. The summed E-state index contributed by atoms with van der Waals surface area (Å²) in [6.45, 7) is 11.7. The van der Waals surface area contributed by atoms with Gasteiger partial charge in [0, 0.05) is 24.8 Å². The number of halogens is 1. The summed E-state index contributed by atoms with van der Waals surface area (Å²) in [5, 5.41) is 3.56. The Balaban J connectivity index is 2.75. The van der Waals surface area contributed by atoms with Gasteiger partial charge in [0.15, 0.2) is 0 Å². The van der Waals surface area contributed by atoms with Crippen molar-refractivity contribution in [1.29, 1.82) is 0 Å². The molecule has 1 aromatic carbocycles. The zero-order valence-corrected chi connectivity index (χ0v) is 12.6. The van der Waals surface area contributed by atoms with E-state index < -0.39 is 0 Å². The molecular formula is C16H27FN2. The molecular weight excluding hydrogens is 239 g/mol. The van der Waals surface area contributed by atoms with Crippen molar-refractivity contribution in [3.05, 3.63) is 30.1 Å². The van der Waals surface area contributed by atoms with Crippen LogP contribution in [0, 0.1) is 11.7 Å². The van der Waals surface area contributed by atoms with E-state index in [2.05, 4.69) is 37.9 Å². The predicted molar refractivity (Wildman–Crippen MR) is 81.2 cm³/mol. The minimum atomic E-state index is -0.176. The van der Waals surface area contributed by atoms with Crippen LogP contribution in [0.2, 0.25) is 0 Å². The van der Waals surface area contributed by atoms with Gasteiger partial charge in [-0.1, -0.05) is 27.2 Å². The Bertz CT molecular complexity index is 350. The Morgan fingerprint density at radius 1 is 1.16 bits per heavy atom. The van der Waals surface area contributed by atoms with E-state index in [4.69, 9.17) is 0 Å². The first-order chi connectivity index (χ1) is 9.12. The number of hydrogen-bond donors (Lipinski definition) is 1. The van der Waals surface area contributed by atoms with Gasteiger partial charge in [-0.25, -0.2) is 4.39 Å². The molecule has 1 aromatic rings. The van der Waals surface area contributed by atoms with Gasteiger partial charge in [0.1, 0.15) is 5.82 Å². The van der Waals surface area contributed by atoms with Crippen LogP contribution >= 0.6 is 0 Å². The van der Waals surface area contributed by atoms with Crippen LogP contribution in [0.1, 0.15) is 34.1 Å². The third-order valence-corrected chi connectivity index (χ3v) is 3.79. The van der Waals surface area contributed by atoms with Gasteiger partial charge in [-0.15, -0.1) is 0 Å². The predicted octanol–water partition coefficient (Wildman–Crippen LogP) is 3.68. The second-order valence-electron chi connectivity index (χ2n) is 5.06. The van der Waals surface area contributed by atoms with Gasteiger partial charge in [0.2, 0.25) is 0 Å². The number of likely N-dealkylation sites (N-methyl/N-ethyl adjacent to an activating group) is 2. The fourth-order valence-electron chi connectivity index (χ4n) is 2.30. The molecule has 0 aliphatic carbocycles. The Labute approximate surface area is 117 Å². The first kappa shape index (κ1) is 16.0. The van der Waals surface area contributed by atoms with Crippen molar-refractivity contribution in [2.24, 2.45) is 5.92 Å². The topological polar surface area (TPSA) is 15.3 Å². The van der Waals surface area contributed by atoms with Gasteiger partial charge < -0.3 is 10.2 Å². The molecule has 1 N–H and O–H groups in total. The van der Waals surface area contributed by atoms with E-state index in [1.165, 1.54) is 18.6 Å². The summed E-state index contributed by atoms with van der Waals surface area (Å²) in [5.41, 5.74) is 1.09. The number of hydrogen-bond acceptors (Lipinski definition) is 2. The van der Waals surface area contributed by atoms with E-state index in [0.717, 1.165) is 25.3 Å². The van der Waals surface area contributed by atoms with Crippen molar-refractivity contribution in [2.45, 2.75) is 40.2 Å². The number of rotatable bonds is 8. The second-order valence-corrected chi connectivity index (χ2v) is 5.06. The van der Waals surface area contributed by atoms with Crippen LogP contribution in [0.4, 0.5) is 10.1 Å². The molecule has 19 heavy (non-hydrogen) atoms. The van der Waals surface area contributed by atoms with Crippen molar-refractivity contribution >= 4 is 5.69 Å². The molecule has 0 spiro atoms. The van der Waals surface area contributed by atoms with Crippen molar-refractivity contribution in [3.8, 4) is 0 Å². The van der Waals surface area contributed by atoms with E-state index in [1.54, 1.807) is 0 Å². The van der Waals surface area contributed by atoms with Crippen molar-refractivity contribution in [3.63, 3.8) is 0 Å². The van der Waals surface area contributed by atoms with E-state index in [0.29, 0.717) is 12.0 Å². The summed E-state index contributed by atoms with van der Waals surface area (Å²) in [5.74, 6) is 0.458. The molecule has 2 atom stereocenters. The molecule has 0 aliphatic heterocycles. The van der Waals surface area contributed by atoms with Crippen LogP contribution in [0.5, 0.6) is 0 Å². The van der Waals surface area contributed by atoms with E-state index >= 15 is 0 Å². The Kier molecular flexibility index (Phi) is 6.85. The van der Waals surface area contributed by atoms with Crippen molar-refractivity contribution < 1.29 is 4.39 Å². The zero-order chi connectivity index (χ0) is 14.3. The van der Waals surface area contributed by atoms with E-state index in [1.807, 2.05) is 12.1 Å². The summed E-state index contributed by atoms with van der Waals surface area (Å²) in [6.07, 6.45) is 1.17. The molecule has 0 heterocycles. The molecule has 0 bridgehead atoms. The van der Waals surface area contributed by atoms with Crippen LogP contribution < -0.4 is 10.2 Å². The van der Waals surface area contributed by atoms with Gasteiger partial charge in [-0.3, -0.25) is 0 Å². The van der Waals surface area contributed by atoms with Crippen LogP contribution in [-0.4, -0.2) is 25.7 Å². The number of nitrogens with one attached hydrogen (secondary N) is 1. The Hall–Kier alpha value is -1.09. The molecule has 3 heteroatoms. The fourth-order valence-corrected chi connectivity index (χ4v) is 2.30. The smallest absolute Gasteiger partial charge is 0.123 e. The Morgan fingerprint density at radius 2 is 1.79 bits per heavy atom. The molecule has 108 valence electrons. The maximum absolute atomic E-state index is 13.0. The van der Waals surface area contributed by atoms with Gasteiger partial charge >= 0.3 is 0 Å². The standard InChI is InChI=1S/C16H27FN2/c1-5-13(4)16(18-6-2)12-19(7-3)15-10-8-14(17)9-11-15/h8-11,13,16,18H,5-7,12H2,1-4H3. The number of benzene rings is 1. The highest BCUT2D eigenvalue weighted by atomic mass is 19.1. The fraction of sp³-hybridized carbons (Fsp3) is 0.625. The summed E-state index contributed by atoms with van der Waals surface area (Å²) in [4.78, 5) is 2.30. The zero-order valence-electron chi connectivity index (χ0n) is 12.6. The van der Waals surface area contributed by atoms with E-state index in [-0.39, 0.29) is 5.82 Å². The van der Waals surface area contributed by atoms with Crippen LogP contribution in [0.3, 0.4) is 0 Å². The van der Waals surface area contributed by atoms with Gasteiger partial charge in [-0.05, 0) is 43.7 Å². The molecule has 0 aliphatic rings. The third kappa shape index (κ3) is 4.83. The molecule has 0 radical (unpaired) electrons. The third-order valence-electron chi connectivity index (χ3n) is 3.79. The number of nitrogens with zero attached hydrogens (tertiary/aromatic N) is 1. The summed E-state index contributed by atoms with van der Waals surface area (Å²) < 4.78 is 13.0. The lowest BCUT2D eigenvalue weighted by atomic mass is 9.98. The lowest BCUT2D eigenvalue weighted by Crippen LogP contribution is -2.45. The summed E-state index contributed by atoms with van der Waals surface area (Å²) in [6, 6.07) is 7.25. The molecule has 2 unspecified atom stereocenters. The maximum atomic E-state index is 13.0. The Morgan fingerprint density at radius 3 is 2.26 bits per heavy atom. The molecule has 2 nitrogen and oxygen atoms in total. The van der Waals surface area contributed by atoms with Crippen LogP contribution in [-0.2, 0) is 0 Å². The summed E-state index contributed by atoms with van der Waals surface area (Å²) in [7, 11) is 0. The average Bonchev–Trinajstić information content (AvgIpc) is 2.43. The van der Waals surface area contributed by atoms with Gasteiger partial charge in [-0.2, -0.15) is 0 Å². The number of anilines is 1. The highest BCUT2D eigenvalue weighted by Crippen LogP contribution is 2.17. The summed E-state index contributed by atoms with van der Waals surface area (Å²) >= 11 is 0. The minimum absolute atomic E-state index is 0.176. The SMILES string of the molecule is CCNC(CN(CC)c1ccc(F)cc1)C(C)CC. The van der Waals surface area contributed by atoms with E-state index in [9.17, 15) is 4.39 Å². The molecule has 0 aromatic heterocycles.